The zero-order valence-corrected chi connectivity index (χ0v) is 19.7. The van der Waals surface area contributed by atoms with Crippen molar-refractivity contribution in [2.75, 3.05) is 18.0 Å². The summed E-state index contributed by atoms with van der Waals surface area (Å²) in [6, 6.07) is 21.8. The molecule has 3 aromatic carbocycles. The van der Waals surface area contributed by atoms with Gasteiger partial charge in [0.1, 0.15) is 12.2 Å². The molecule has 7 heteroatoms. The monoisotopic (exact) mass is 483 g/mol. The fraction of sp³-hybridized carbons (Fsp3) is 0.179. The lowest BCUT2D eigenvalue weighted by Crippen LogP contribution is -2.18. The molecule has 0 amide bonds. The van der Waals surface area contributed by atoms with Crippen molar-refractivity contribution >= 4 is 34.2 Å². The van der Waals surface area contributed by atoms with Crippen LogP contribution in [0.4, 0.5) is 5.69 Å². The van der Waals surface area contributed by atoms with Crippen molar-refractivity contribution in [3.05, 3.63) is 94.6 Å². The van der Waals surface area contributed by atoms with Crippen molar-refractivity contribution in [1.82, 2.24) is 4.98 Å². The van der Waals surface area contributed by atoms with Gasteiger partial charge in [0.25, 0.3) is 0 Å². The summed E-state index contributed by atoms with van der Waals surface area (Å²) in [5, 5.41) is 10.1. The predicted octanol–water partition coefficient (Wildman–Crippen LogP) is 6.16. The van der Waals surface area contributed by atoms with E-state index < -0.39 is 5.97 Å². The molecular weight excluding hydrogens is 462 g/mol. The molecule has 1 saturated heterocycles. The Hall–Kier alpha value is -4.08. The largest absolute Gasteiger partial charge is 0.485 e. The van der Waals surface area contributed by atoms with Gasteiger partial charge in [-0.3, -0.25) is 4.98 Å². The molecule has 1 aliphatic heterocycles. The molecule has 0 saturated carbocycles. The van der Waals surface area contributed by atoms with E-state index in [1.54, 1.807) is 48.7 Å². The number of anilines is 1. The van der Waals surface area contributed by atoms with E-state index in [2.05, 4.69) is 16.0 Å². The number of hydrogen-bond acceptors (Lipinski definition) is 6. The molecule has 0 bridgehead atoms. The van der Waals surface area contributed by atoms with E-state index in [0.717, 1.165) is 29.7 Å². The van der Waals surface area contributed by atoms with E-state index in [1.165, 1.54) is 12.8 Å². The molecular formula is C28H22ClN3O3. The molecule has 35 heavy (non-hydrogen) atoms. The summed E-state index contributed by atoms with van der Waals surface area (Å²) in [4.78, 5) is 20.1. The van der Waals surface area contributed by atoms with Gasteiger partial charge in [-0.25, -0.2) is 4.79 Å². The van der Waals surface area contributed by atoms with Crippen LogP contribution in [0, 0.1) is 11.3 Å². The van der Waals surface area contributed by atoms with Crippen molar-refractivity contribution in [3.63, 3.8) is 0 Å². The molecule has 0 spiro atoms. The van der Waals surface area contributed by atoms with Gasteiger partial charge >= 0.3 is 5.97 Å². The highest BCUT2D eigenvalue weighted by Crippen LogP contribution is 2.32. The summed E-state index contributed by atoms with van der Waals surface area (Å²) < 4.78 is 11.6. The van der Waals surface area contributed by atoms with Gasteiger partial charge in [0, 0.05) is 18.5 Å². The van der Waals surface area contributed by atoms with Crippen LogP contribution in [0.5, 0.6) is 11.5 Å². The van der Waals surface area contributed by atoms with Crippen molar-refractivity contribution in [3.8, 4) is 17.6 Å². The van der Waals surface area contributed by atoms with E-state index >= 15 is 0 Å². The molecule has 6 nitrogen and oxygen atoms in total. The number of benzene rings is 3. The number of halogens is 1. The summed E-state index contributed by atoms with van der Waals surface area (Å²) in [6.45, 7) is 2.28. The van der Waals surface area contributed by atoms with E-state index in [1.807, 2.05) is 24.3 Å². The van der Waals surface area contributed by atoms with Gasteiger partial charge in [-0.05, 0) is 54.8 Å². The minimum Gasteiger partial charge on any atom is -0.485 e. The molecule has 0 unspecified atom stereocenters. The summed E-state index contributed by atoms with van der Waals surface area (Å²) in [5.41, 5.74) is 3.23. The fourth-order valence-electron chi connectivity index (χ4n) is 4.15. The number of rotatable bonds is 6. The molecule has 1 aliphatic rings. The first-order valence-electron chi connectivity index (χ1n) is 11.4. The van der Waals surface area contributed by atoms with Gasteiger partial charge in [-0.15, -0.1) is 0 Å². The van der Waals surface area contributed by atoms with Crippen LogP contribution in [-0.2, 0) is 6.61 Å². The summed E-state index contributed by atoms with van der Waals surface area (Å²) in [6.07, 6.45) is 4.13. The van der Waals surface area contributed by atoms with Gasteiger partial charge in [-0.2, -0.15) is 5.26 Å². The number of esters is 1. The Morgan fingerprint density at radius 1 is 1.03 bits per heavy atom. The maximum Gasteiger partial charge on any atom is 0.347 e. The highest BCUT2D eigenvalue weighted by molar-refractivity contribution is 6.35. The van der Waals surface area contributed by atoms with Crippen molar-refractivity contribution in [2.45, 2.75) is 19.4 Å². The van der Waals surface area contributed by atoms with E-state index in [0.29, 0.717) is 16.8 Å². The summed E-state index contributed by atoms with van der Waals surface area (Å²) >= 11 is 6.43. The lowest BCUT2D eigenvalue weighted by atomic mass is 10.1. The van der Waals surface area contributed by atoms with Gasteiger partial charge in [0.15, 0.2) is 11.5 Å². The molecule has 0 N–H and O–H groups in total. The minimum absolute atomic E-state index is 0.221. The smallest absolute Gasteiger partial charge is 0.347 e. The van der Waals surface area contributed by atoms with Crippen LogP contribution in [0.2, 0.25) is 5.02 Å². The SMILES string of the molecule is N#Cc1ccc(COc2ccccc2OC(=O)c2c(Cl)ccc3cc(N4CCCC4)cnc23)cc1. The third kappa shape index (κ3) is 4.91. The number of nitrogens with zero attached hydrogens (tertiary/aromatic N) is 3. The van der Waals surface area contributed by atoms with Crippen LogP contribution in [0.3, 0.4) is 0 Å². The van der Waals surface area contributed by atoms with Gasteiger partial charge in [-0.1, -0.05) is 41.9 Å². The first kappa shape index (κ1) is 22.7. The third-order valence-corrected chi connectivity index (χ3v) is 6.31. The fourth-order valence-corrected chi connectivity index (χ4v) is 4.38. The number of fused-ring (bicyclic) bond motifs is 1. The molecule has 2 heterocycles. The lowest BCUT2D eigenvalue weighted by Gasteiger charge is -2.18. The predicted molar refractivity (Wildman–Crippen MR) is 135 cm³/mol. The van der Waals surface area contributed by atoms with Gasteiger partial charge in [0.05, 0.1) is 34.1 Å². The molecule has 4 aromatic rings. The number of carbonyl (C=O) groups is 1. The van der Waals surface area contributed by atoms with E-state index in [-0.39, 0.29) is 22.9 Å². The Kier molecular flexibility index (Phi) is 6.51. The number of pyridine rings is 1. The normalized spacial score (nSPS) is 13.0. The van der Waals surface area contributed by atoms with Gasteiger partial charge < -0.3 is 14.4 Å². The van der Waals surface area contributed by atoms with Crippen LogP contribution < -0.4 is 14.4 Å². The number of ether oxygens (including phenoxy) is 2. The van der Waals surface area contributed by atoms with Crippen LogP contribution in [0.15, 0.2) is 72.9 Å². The van der Waals surface area contributed by atoms with E-state index in [4.69, 9.17) is 26.3 Å². The van der Waals surface area contributed by atoms with Crippen LogP contribution in [-0.4, -0.2) is 24.0 Å². The first-order chi connectivity index (χ1) is 17.1. The van der Waals surface area contributed by atoms with Gasteiger partial charge in [0.2, 0.25) is 0 Å². The standard InChI is InChI=1S/C28H22ClN3O3/c29-23-12-11-21-15-22(32-13-3-4-14-32)17-31-27(21)26(23)28(33)35-25-6-2-1-5-24(25)34-18-20-9-7-19(16-30)8-10-20/h1-2,5-12,15,17H,3-4,13-14,18H2. The molecule has 0 radical (unpaired) electrons. The Morgan fingerprint density at radius 3 is 2.51 bits per heavy atom. The Labute approximate surface area is 208 Å². The number of carbonyl (C=O) groups excluding carboxylic acids is 1. The maximum absolute atomic E-state index is 13.2. The van der Waals surface area contributed by atoms with Crippen LogP contribution in [0.1, 0.15) is 34.3 Å². The molecule has 174 valence electrons. The minimum atomic E-state index is -0.601. The Balaban J connectivity index is 1.38. The zero-order valence-electron chi connectivity index (χ0n) is 18.9. The second-order valence-electron chi connectivity index (χ2n) is 8.32. The maximum atomic E-state index is 13.2. The molecule has 5 rings (SSSR count). The molecule has 1 aromatic heterocycles. The third-order valence-electron chi connectivity index (χ3n) is 5.99. The first-order valence-corrected chi connectivity index (χ1v) is 11.8. The number of nitriles is 1. The highest BCUT2D eigenvalue weighted by Gasteiger charge is 2.21. The van der Waals surface area contributed by atoms with E-state index in [9.17, 15) is 4.79 Å². The number of para-hydroxylation sites is 2. The van der Waals surface area contributed by atoms with Crippen LogP contribution in [0.25, 0.3) is 10.9 Å². The average molecular weight is 484 g/mol. The Morgan fingerprint density at radius 2 is 1.77 bits per heavy atom. The molecule has 0 atom stereocenters. The molecule has 0 aliphatic carbocycles. The molecule has 1 fully saturated rings. The van der Waals surface area contributed by atoms with Crippen molar-refractivity contribution in [1.29, 1.82) is 5.26 Å². The second-order valence-corrected chi connectivity index (χ2v) is 8.72. The number of aromatic nitrogens is 1. The van der Waals surface area contributed by atoms with Crippen molar-refractivity contribution in [2.24, 2.45) is 0 Å². The summed E-state index contributed by atoms with van der Waals surface area (Å²) in [7, 11) is 0. The topological polar surface area (TPSA) is 75.5 Å². The highest BCUT2D eigenvalue weighted by atomic mass is 35.5. The Bertz CT molecular complexity index is 1420. The quantitative estimate of drug-likeness (QED) is 0.241. The van der Waals surface area contributed by atoms with Crippen LogP contribution >= 0.6 is 11.6 Å². The number of hydrogen-bond donors (Lipinski definition) is 0. The second kappa shape index (κ2) is 10.0. The average Bonchev–Trinajstić information content (AvgIpc) is 3.43. The lowest BCUT2D eigenvalue weighted by molar-refractivity contribution is 0.0729. The summed E-state index contributed by atoms with van der Waals surface area (Å²) in [5.74, 6) is 0.107. The van der Waals surface area contributed by atoms with Crippen molar-refractivity contribution < 1.29 is 14.3 Å². The zero-order chi connectivity index (χ0) is 24.2.